The average Bonchev–Trinajstić information content (AvgIpc) is 2.36. The van der Waals surface area contributed by atoms with E-state index in [1.807, 2.05) is 0 Å². The molecule has 0 amide bonds. The standard InChI is InChI=1S/C11H21FO5/c1-13-7-9-11(15-3)8(14-2)6-10(17-9)16-5-4-12/h8-11H,4-7H2,1-3H3/t8-,9-,10+,11+/m1/s1. The third-order valence-corrected chi connectivity index (χ3v) is 2.77. The minimum Gasteiger partial charge on any atom is -0.382 e. The second-order valence-corrected chi connectivity index (χ2v) is 3.83. The van der Waals surface area contributed by atoms with Crippen molar-refractivity contribution in [3.63, 3.8) is 0 Å². The smallest absolute Gasteiger partial charge is 0.160 e. The van der Waals surface area contributed by atoms with E-state index in [9.17, 15) is 4.39 Å². The Balaban J connectivity index is 2.58. The predicted octanol–water partition coefficient (Wildman–Crippen LogP) is 0.764. The molecule has 0 aromatic carbocycles. The van der Waals surface area contributed by atoms with Crippen molar-refractivity contribution in [2.24, 2.45) is 0 Å². The largest absolute Gasteiger partial charge is 0.382 e. The molecule has 1 fully saturated rings. The number of hydrogen-bond acceptors (Lipinski definition) is 5. The van der Waals surface area contributed by atoms with E-state index in [0.29, 0.717) is 13.0 Å². The third kappa shape index (κ3) is 4.15. The van der Waals surface area contributed by atoms with Crippen LogP contribution in [0.5, 0.6) is 0 Å². The molecule has 17 heavy (non-hydrogen) atoms. The summed E-state index contributed by atoms with van der Waals surface area (Å²) in [6.45, 7) is -0.119. The van der Waals surface area contributed by atoms with Gasteiger partial charge in [0, 0.05) is 27.8 Å². The lowest BCUT2D eigenvalue weighted by Crippen LogP contribution is -2.52. The number of methoxy groups -OCH3 is 3. The second-order valence-electron chi connectivity index (χ2n) is 3.83. The first kappa shape index (κ1) is 14.8. The molecule has 1 saturated heterocycles. The molecule has 0 spiro atoms. The molecule has 0 bridgehead atoms. The van der Waals surface area contributed by atoms with Gasteiger partial charge in [-0.25, -0.2) is 4.39 Å². The van der Waals surface area contributed by atoms with Gasteiger partial charge in [-0.05, 0) is 0 Å². The number of alkyl halides is 1. The molecule has 0 aromatic heterocycles. The Morgan fingerprint density at radius 1 is 1.24 bits per heavy atom. The highest BCUT2D eigenvalue weighted by Crippen LogP contribution is 2.25. The molecule has 0 aromatic rings. The van der Waals surface area contributed by atoms with Gasteiger partial charge in [0.1, 0.15) is 18.9 Å². The van der Waals surface area contributed by atoms with Gasteiger partial charge in [-0.2, -0.15) is 0 Å². The van der Waals surface area contributed by atoms with Gasteiger partial charge in [-0.15, -0.1) is 0 Å². The number of rotatable bonds is 7. The molecule has 102 valence electrons. The molecule has 0 saturated carbocycles. The van der Waals surface area contributed by atoms with E-state index in [4.69, 9.17) is 23.7 Å². The van der Waals surface area contributed by atoms with Crippen molar-refractivity contribution < 1.29 is 28.1 Å². The van der Waals surface area contributed by atoms with E-state index in [0.717, 1.165) is 0 Å². The average molecular weight is 252 g/mol. The Kier molecular flexibility index (Phi) is 6.91. The molecule has 1 heterocycles. The van der Waals surface area contributed by atoms with Crippen LogP contribution in [-0.2, 0) is 23.7 Å². The SMILES string of the molecule is COC[C@H]1O[C@H](OCCF)C[C@@H](OC)[C@@H]1OC. The van der Waals surface area contributed by atoms with E-state index in [1.54, 1.807) is 21.3 Å². The molecule has 0 radical (unpaired) electrons. The van der Waals surface area contributed by atoms with Gasteiger partial charge in [0.15, 0.2) is 6.29 Å². The van der Waals surface area contributed by atoms with Crippen LogP contribution in [0.4, 0.5) is 4.39 Å². The molecular weight excluding hydrogens is 231 g/mol. The van der Waals surface area contributed by atoms with Crippen molar-refractivity contribution in [3.8, 4) is 0 Å². The maximum Gasteiger partial charge on any atom is 0.160 e. The number of hydrogen-bond donors (Lipinski definition) is 0. The minimum absolute atomic E-state index is 0.0262. The van der Waals surface area contributed by atoms with Crippen LogP contribution in [0.25, 0.3) is 0 Å². The molecule has 1 aliphatic heterocycles. The van der Waals surface area contributed by atoms with Gasteiger partial charge in [0.25, 0.3) is 0 Å². The molecule has 0 unspecified atom stereocenters. The highest BCUT2D eigenvalue weighted by atomic mass is 19.1. The third-order valence-electron chi connectivity index (χ3n) is 2.77. The minimum atomic E-state index is -0.528. The maximum absolute atomic E-state index is 12.1. The second kappa shape index (κ2) is 7.94. The lowest BCUT2D eigenvalue weighted by molar-refractivity contribution is -0.266. The summed E-state index contributed by atoms with van der Waals surface area (Å²) in [5.41, 5.74) is 0. The van der Waals surface area contributed by atoms with Crippen molar-refractivity contribution in [1.29, 1.82) is 0 Å². The van der Waals surface area contributed by atoms with Crippen LogP contribution in [-0.4, -0.2) is 65.8 Å². The van der Waals surface area contributed by atoms with Gasteiger partial charge in [-0.3, -0.25) is 0 Å². The molecule has 1 aliphatic rings. The number of halogens is 1. The van der Waals surface area contributed by atoms with Gasteiger partial charge in [0.05, 0.1) is 19.3 Å². The van der Waals surface area contributed by atoms with E-state index in [-0.39, 0.29) is 24.9 Å². The van der Waals surface area contributed by atoms with Crippen LogP contribution in [0.1, 0.15) is 6.42 Å². The first-order valence-electron chi connectivity index (χ1n) is 5.64. The Bertz CT molecular complexity index is 204. The fourth-order valence-corrected chi connectivity index (χ4v) is 2.01. The van der Waals surface area contributed by atoms with Crippen molar-refractivity contribution >= 4 is 0 Å². The topological polar surface area (TPSA) is 46.2 Å². The highest BCUT2D eigenvalue weighted by Gasteiger charge is 2.39. The molecule has 6 heteroatoms. The zero-order valence-corrected chi connectivity index (χ0v) is 10.6. The first-order chi connectivity index (χ1) is 8.26. The van der Waals surface area contributed by atoms with E-state index in [1.165, 1.54) is 0 Å². The molecular formula is C11H21FO5. The summed E-state index contributed by atoms with van der Waals surface area (Å²) in [6.07, 6.45) is -0.561. The van der Waals surface area contributed by atoms with Crippen molar-refractivity contribution in [2.75, 3.05) is 41.2 Å². The first-order valence-corrected chi connectivity index (χ1v) is 5.64. The summed E-state index contributed by atoms with van der Waals surface area (Å²) in [6, 6.07) is 0. The van der Waals surface area contributed by atoms with Gasteiger partial charge in [-0.1, -0.05) is 0 Å². The van der Waals surface area contributed by atoms with Gasteiger partial charge in [0.2, 0.25) is 0 Å². The van der Waals surface area contributed by atoms with Crippen molar-refractivity contribution in [2.45, 2.75) is 31.0 Å². The molecule has 0 aliphatic carbocycles. The van der Waals surface area contributed by atoms with Crippen LogP contribution in [0.3, 0.4) is 0 Å². The zero-order valence-electron chi connectivity index (χ0n) is 10.6. The lowest BCUT2D eigenvalue weighted by atomic mass is 10.0. The molecule has 0 N–H and O–H groups in total. The fourth-order valence-electron chi connectivity index (χ4n) is 2.01. The monoisotopic (exact) mass is 252 g/mol. The molecule has 1 rings (SSSR count). The maximum atomic E-state index is 12.1. The summed E-state index contributed by atoms with van der Waals surface area (Å²) < 4.78 is 38.7. The Morgan fingerprint density at radius 3 is 2.53 bits per heavy atom. The van der Waals surface area contributed by atoms with Crippen LogP contribution >= 0.6 is 0 Å². The molecule has 5 nitrogen and oxygen atoms in total. The predicted molar refractivity (Wildman–Crippen MR) is 58.7 cm³/mol. The summed E-state index contributed by atoms with van der Waals surface area (Å²) in [5.74, 6) is 0. The summed E-state index contributed by atoms with van der Waals surface area (Å²) in [7, 11) is 4.80. The van der Waals surface area contributed by atoms with Crippen molar-refractivity contribution in [1.82, 2.24) is 0 Å². The number of ether oxygens (including phenoxy) is 5. The van der Waals surface area contributed by atoms with Crippen LogP contribution in [0.15, 0.2) is 0 Å². The van der Waals surface area contributed by atoms with E-state index < -0.39 is 13.0 Å². The normalized spacial score (nSPS) is 33.9. The Morgan fingerprint density at radius 2 is 2.00 bits per heavy atom. The summed E-state index contributed by atoms with van der Waals surface area (Å²) >= 11 is 0. The van der Waals surface area contributed by atoms with Gasteiger partial charge < -0.3 is 23.7 Å². The molecule has 4 atom stereocenters. The van der Waals surface area contributed by atoms with Gasteiger partial charge >= 0.3 is 0 Å². The highest BCUT2D eigenvalue weighted by molar-refractivity contribution is 4.85. The van der Waals surface area contributed by atoms with Crippen LogP contribution in [0.2, 0.25) is 0 Å². The summed E-state index contributed by atoms with van der Waals surface area (Å²) in [4.78, 5) is 0. The van der Waals surface area contributed by atoms with Crippen LogP contribution in [0, 0.1) is 0 Å². The van der Waals surface area contributed by atoms with Crippen LogP contribution < -0.4 is 0 Å². The fraction of sp³-hybridized carbons (Fsp3) is 1.00. The summed E-state index contributed by atoms with van der Waals surface area (Å²) in [5, 5.41) is 0. The van der Waals surface area contributed by atoms with E-state index in [2.05, 4.69) is 0 Å². The quantitative estimate of drug-likeness (QED) is 0.669. The zero-order chi connectivity index (χ0) is 12.7. The lowest BCUT2D eigenvalue weighted by Gasteiger charge is -2.39. The Hall–Kier alpha value is -0.270. The Labute approximate surface area is 101 Å². The van der Waals surface area contributed by atoms with Crippen molar-refractivity contribution in [3.05, 3.63) is 0 Å². The van der Waals surface area contributed by atoms with E-state index >= 15 is 0 Å².